The van der Waals surface area contributed by atoms with Crippen LogP contribution in [-0.4, -0.2) is 34.3 Å². The Morgan fingerprint density at radius 1 is 1.40 bits per heavy atom. The molecule has 90 valence electrons. The van der Waals surface area contributed by atoms with Gasteiger partial charge in [-0.1, -0.05) is 20.3 Å². The fraction of sp³-hybridized carbons (Fsp3) is 0.909. The number of aliphatic hydroxyl groups excluding tert-OH is 1. The van der Waals surface area contributed by atoms with Crippen LogP contribution < -0.4 is 0 Å². The van der Waals surface area contributed by atoms with Gasteiger partial charge >= 0.3 is 5.97 Å². The van der Waals surface area contributed by atoms with E-state index in [0.717, 1.165) is 12.8 Å². The smallest absolute Gasteiger partial charge is 0.319 e. The van der Waals surface area contributed by atoms with E-state index in [1.165, 1.54) is 11.8 Å². The molecule has 0 bridgehead atoms. The second kappa shape index (κ2) is 7.99. The molecule has 0 aliphatic rings. The molecular weight excluding hydrogens is 212 g/mol. The fourth-order valence-electron chi connectivity index (χ4n) is 1.11. The summed E-state index contributed by atoms with van der Waals surface area (Å²) in [5, 5.41) is 9.30. The molecule has 1 N–H and O–H groups in total. The maximum atomic E-state index is 11.6. The Morgan fingerprint density at radius 3 is 2.40 bits per heavy atom. The molecule has 0 aliphatic heterocycles. The molecular formula is C11H22O3S. The monoisotopic (exact) mass is 234 g/mol. The van der Waals surface area contributed by atoms with Crippen molar-refractivity contribution >= 4 is 17.7 Å². The van der Waals surface area contributed by atoms with E-state index < -0.39 is 6.10 Å². The average molecular weight is 234 g/mol. The van der Waals surface area contributed by atoms with Crippen LogP contribution in [-0.2, 0) is 9.53 Å². The molecule has 0 fully saturated rings. The van der Waals surface area contributed by atoms with Crippen molar-refractivity contribution in [1.29, 1.82) is 0 Å². The standard InChI is InChI=1S/C11H22O3S/c1-5-7-10(11(13)14-6-2)15-9(4)8(3)12/h8-10,12H,5-7H2,1-4H3. The molecule has 0 saturated heterocycles. The van der Waals surface area contributed by atoms with Gasteiger partial charge in [-0.15, -0.1) is 11.8 Å². The van der Waals surface area contributed by atoms with Crippen LogP contribution in [0.2, 0.25) is 0 Å². The predicted octanol–water partition coefficient (Wildman–Crippen LogP) is 2.22. The van der Waals surface area contributed by atoms with E-state index in [1.54, 1.807) is 6.92 Å². The number of esters is 1. The molecule has 0 saturated carbocycles. The van der Waals surface area contributed by atoms with Gasteiger partial charge in [0.05, 0.1) is 12.7 Å². The summed E-state index contributed by atoms with van der Waals surface area (Å²) >= 11 is 1.50. The van der Waals surface area contributed by atoms with Gasteiger partial charge in [-0.25, -0.2) is 0 Å². The van der Waals surface area contributed by atoms with E-state index in [0.29, 0.717) is 6.61 Å². The van der Waals surface area contributed by atoms with E-state index in [2.05, 4.69) is 0 Å². The van der Waals surface area contributed by atoms with E-state index in [-0.39, 0.29) is 16.5 Å². The van der Waals surface area contributed by atoms with Crippen LogP contribution in [0.25, 0.3) is 0 Å². The highest BCUT2D eigenvalue weighted by molar-refractivity contribution is 8.01. The predicted molar refractivity (Wildman–Crippen MR) is 64.1 cm³/mol. The van der Waals surface area contributed by atoms with Crippen molar-refractivity contribution in [2.75, 3.05) is 6.61 Å². The minimum Gasteiger partial charge on any atom is -0.465 e. The molecule has 0 aromatic carbocycles. The molecule has 0 amide bonds. The van der Waals surface area contributed by atoms with Gasteiger partial charge in [0.2, 0.25) is 0 Å². The number of carbonyl (C=O) groups is 1. The summed E-state index contributed by atoms with van der Waals surface area (Å²) in [7, 11) is 0. The first kappa shape index (κ1) is 14.8. The molecule has 0 spiro atoms. The maximum Gasteiger partial charge on any atom is 0.319 e. The number of hydrogen-bond acceptors (Lipinski definition) is 4. The Bertz CT molecular complexity index is 183. The first-order valence-electron chi connectivity index (χ1n) is 5.53. The third kappa shape index (κ3) is 6.05. The lowest BCUT2D eigenvalue weighted by molar-refractivity contribution is -0.142. The molecule has 3 atom stereocenters. The summed E-state index contributed by atoms with van der Waals surface area (Å²) in [4.78, 5) is 11.6. The third-order valence-electron chi connectivity index (χ3n) is 2.16. The normalized spacial score (nSPS) is 16.9. The molecule has 0 rings (SSSR count). The van der Waals surface area contributed by atoms with Gasteiger partial charge in [0, 0.05) is 5.25 Å². The Labute approximate surface area is 96.6 Å². The lowest BCUT2D eigenvalue weighted by Gasteiger charge is -2.20. The first-order valence-corrected chi connectivity index (χ1v) is 6.47. The Balaban J connectivity index is 4.19. The Hall–Kier alpha value is -0.220. The Morgan fingerprint density at radius 2 is 2.00 bits per heavy atom. The van der Waals surface area contributed by atoms with Gasteiger partial charge in [0.15, 0.2) is 0 Å². The molecule has 3 unspecified atom stereocenters. The molecule has 0 aromatic rings. The van der Waals surface area contributed by atoms with E-state index in [1.807, 2.05) is 20.8 Å². The van der Waals surface area contributed by atoms with Crippen LogP contribution in [0.1, 0.15) is 40.5 Å². The van der Waals surface area contributed by atoms with Crippen molar-refractivity contribution in [2.45, 2.75) is 57.1 Å². The van der Waals surface area contributed by atoms with Crippen LogP contribution in [0.3, 0.4) is 0 Å². The number of aliphatic hydroxyl groups is 1. The lowest BCUT2D eigenvalue weighted by Crippen LogP contribution is -2.26. The van der Waals surface area contributed by atoms with E-state index >= 15 is 0 Å². The zero-order valence-electron chi connectivity index (χ0n) is 10.0. The van der Waals surface area contributed by atoms with Crippen molar-refractivity contribution in [3.05, 3.63) is 0 Å². The van der Waals surface area contributed by atoms with Crippen LogP contribution in [0.15, 0.2) is 0 Å². The second-order valence-corrected chi connectivity index (χ2v) is 5.20. The van der Waals surface area contributed by atoms with Crippen LogP contribution in [0.5, 0.6) is 0 Å². The molecule has 3 nitrogen and oxygen atoms in total. The topological polar surface area (TPSA) is 46.5 Å². The minimum absolute atomic E-state index is 0.0611. The zero-order chi connectivity index (χ0) is 11.8. The first-order chi connectivity index (χ1) is 7.02. The molecule has 0 aliphatic carbocycles. The van der Waals surface area contributed by atoms with Crippen molar-refractivity contribution in [2.24, 2.45) is 0 Å². The number of carbonyl (C=O) groups excluding carboxylic acids is 1. The van der Waals surface area contributed by atoms with E-state index in [4.69, 9.17) is 4.74 Å². The SMILES string of the molecule is CCCC(SC(C)C(C)O)C(=O)OCC. The van der Waals surface area contributed by atoms with Gasteiger partial charge in [-0.3, -0.25) is 4.79 Å². The van der Waals surface area contributed by atoms with Crippen molar-refractivity contribution < 1.29 is 14.6 Å². The third-order valence-corrected chi connectivity index (χ3v) is 3.74. The summed E-state index contributed by atoms with van der Waals surface area (Å²) < 4.78 is 5.00. The van der Waals surface area contributed by atoms with Crippen LogP contribution in [0.4, 0.5) is 0 Å². The number of thioether (sulfide) groups is 1. The maximum absolute atomic E-state index is 11.6. The zero-order valence-corrected chi connectivity index (χ0v) is 10.8. The summed E-state index contributed by atoms with van der Waals surface area (Å²) in [6, 6.07) is 0. The lowest BCUT2D eigenvalue weighted by atomic mass is 10.2. The van der Waals surface area contributed by atoms with Crippen LogP contribution in [0, 0.1) is 0 Å². The molecule has 0 aromatic heterocycles. The Kier molecular flexibility index (Phi) is 7.88. The minimum atomic E-state index is -0.399. The largest absolute Gasteiger partial charge is 0.465 e. The molecule has 15 heavy (non-hydrogen) atoms. The summed E-state index contributed by atoms with van der Waals surface area (Å²) in [5.74, 6) is -0.156. The van der Waals surface area contributed by atoms with Gasteiger partial charge < -0.3 is 9.84 Å². The van der Waals surface area contributed by atoms with Crippen molar-refractivity contribution in [3.63, 3.8) is 0 Å². The average Bonchev–Trinajstić information content (AvgIpc) is 2.17. The second-order valence-electron chi connectivity index (χ2n) is 3.61. The molecule has 0 radical (unpaired) electrons. The van der Waals surface area contributed by atoms with Crippen LogP contribution >= 0.6 is 11.8 Å². The van der Waals surface area contributed by atoms with Crippen molar-refractivity contribution in [1.82, 2.24) is 0 Å². The van der Waals surface area contributed by atoms with Gasteiger partial charge in [0.25, 0.3) is 0 Å². The quantitative estimate of drug-likeness (QED) is 0.686. The number of rotatable bonds is 7. The summed E-state index contributed by atoms with van der Waals surface area (Å²) in [6.07, 6.45) is 1.35. The highest BCUT2D eigenvalue weighted by atomic mass is 32.2. The van der Waals surface area contributed by atoms with Gasteiger partial charge in [0.1, 0.15) is 5.25 Å². The number of hydrogen-bond donors (Lipinski definition) is 1. The fourth-order valence-corrected chi connectivity index (χ4v) is 2.41. The van der Waals surface area contributed by atoms with E-state index in [9.17, 15) is 9.90 Å². The highest BCUT2D eigenvalue weighted by Gasteiger charge is 2.23. The summed E-state index contributed by atoms with van der Waals surface area (Å²) in [5.41, 5.74) is 0. The summed E-state index contributed by atoms with van der Waals surface area (Å²) in [6.45, 7) is 7.94. The van der Waals surface area contributed by atoms with Gasteiger partial charge in [-0.2, -0.15) is 0 Å². The van der Waals surface area contributed by atoms with Gasteiger partial charge in [-0.05, 0) is 20.3 Å². The van der Waals surface area contributed by atoms with Crippen molar-refractivity contribution in [3.8, 4) is 0 Å². The molecule has 4 heteroatoms. The molecule has 0 heterocycles. The highest BCUT2D eigenvalue weighted by Crippen LogP contribution is 2.25. The number of ether oxygens (including phenoxy) is 1.